The van der Waals surface area contributed by atoms with Gasteiger partial charge in [-0.3, -0.25) is 14.7 Å². The molecular weight excluding hydrogens is 529 g/mol. The second-order valence-electron chi connectivity index (χ2n) is 9.26. The van der Waals surface area contributed by atoms with Crippen LogP contribution in [0.3, 0.4) is 0 Å². The van der Waals surface area contributed by atoms with Crippen LogP contribution < -0.4 is 5.32 Å². The quantitative estimate of drug-likeness (QED) is 0.325. The number of halogens is 1. The number of fused-ring (bicyclic) bond motifs is 1. The number of benzene rings is 1. The molecule has 1 N–H and O–H groups in total. The van der Waals surface area contributed by atoms with Crippen LogP contribution in [0, 0.1) is 0 Å². The molecule has 0 aliphatic carbocycles. The van der Waals surface area contributed by atoms with Gasteiger partial charge in [-0.25, -0.2) is 0 Å². The smallest absolute Gasteiger partial charge is 0.224 e. The molecule has 3 aliphatic rings. The van der Waals surface area contributed by atoms with E-state index in [0.29, 0.717) is 25.0 Å². The molecule has 4 rings (SSSR count). The van der Waals surface area contributed by atoms with Gasteiger partial charge < -0.3 is 19.9 Å². The van der Waals surface area contributed by atoms with Crippen molar-refractivity contribution < 1.29 is 9.53 Å². The zero-order valence-corrected chi connectivity index (χ0v) is 22.4. The van der Waals surface area contributed by atoms with Crippen molar-refractivity contribution in [2.45, 2.75) is 64.3 Å². The molecule has 1 aromatic carbocycles. The number of rotatable bonds is 6. The normalized spacial score (nSPS) is 26.0. The average Bonchev–Trinajstić information content (AvgIpc) is 3.25. The van der Waals surface area contributed by atoms with Crippen LogP contribution in [0.4, 0.5) is 0 Å². The molecule has 3 heterocycles. The number of hydrogen-bond donors (Lipinski definition) is 1. The molecule has 0 aromatic heterocycles. The number of morpholine rings is 1. The second-order valence-corrected chi connectivity index (χ2v) is 9.26. The molecule has 8 heteroatoms. The molecule has 0 radical (unpaired) electrons. The molecule has 0 spiro atoms. The highest BCUT2D eigenvalue weighted by molar-refractivity contribution is 14.0. The van der Waals surface area contributed by atoms with Gasteiger partial charge in [0.2, 0.25) is 5.91 Å². The number of hydrogen-bond acceptors (Lipinski definition) is 4. The fourth-order valence-electron chi connectivity index (χ4n) is 5.24. The van der Waals surface area contributed by atoms with E-state index >= 15 is 0 Å². The Labute approximate surface area is 215 Å². The van der Waals surface area contributed by atoms with Gasteiger partial charge in [-0.1, -0.05) is 30.3 Å². The van der Waals surface area contributed by atoms with Crippen molar-refractivity contribution in [3.05, 3.63) is 35.9 Å². The van der Waals surface area contributed by atoms with Crippen LogP contribution in [0.1, 0.15) is 45.1 Å². The maximum atomic E-state index is 12.7. The van der Waals surface area contributed by atoms with Crippen LogP contribution >= 0.6 is 24.0 Å². The van der Waals surface area contributed by atoms with Crippen LogP contribution in [-0.4, -0.2) is 90.6 Å². The number of guanidine groups is 1. The third kappa shape index (κ3) is 6.82. The standard InChI is InChI=1S/C25H39N5O2.HI/c1-3-26-25(27-13-12-24(31)30-14-8-7-9-20(30)2)29-18-22-23(19-29)32-16-15-28(22)17-21-10-5-4-6-11-21;/h4-6,10-11,20,22-23H,3,7-9,12-19H2,1-2H3,(H,26,27);1H. The van der Waals surface area contributed by atoms with E-state index in [0.717, 1.165) is 64.7 Å². The molecule has 3 fully saturated rings. The zero-order chi connectivity index (χ0) is 22.3. The molecule has 3 atom stereocenters. The second kappa shape index (κ2) is 12.9. The predicted molar refractivity (Wildman–Crippen MR) is 143 cm³/mol. The lowest BCUT2D eigenvalue weighted by Gasteiger charge is -2.36. The third-order valence-corrected chi connectivity index (χ3v) is 6.99. The van der Waals surface area contributed by atoms with Gasteiger partial charge in [0.15, 0.2) is 5.96 Å². The number of piperidine rings is 1. The summed E-state index contributed by atoms with van der Waals surface area (Å²) in [5.41, 5.74) is 1.35. The lowest BCUT2D eigenvalue weighted by molar-refractivity contribution is -0.134. The number of carbonyl (C=O) groups excluding carboxylic acids is 1. The molecular formula is C25H40IN5O2. The zero-order valence-electron chi connectivity index (χ0n) is 20.1. The first-order chi connectivity index (χ1) is 15.7. The molecule has 1 amide bonds. The summed E-state index contributed by atoms with van der Waals surface area (Å²) >= 11 is 0. The van der Waals surface area contributed by atoms with Gasteiger partial charge in [0.1, 0.15) is 0 Å². The van der Waals surface area contributed by atoms with Crippen molar-refractivity contribution >= 4 is 35.8 Å². The SMILES string of the molecule is CCNC(=NCCC(=O)N1CCCCC1C)N1CC2OCCN(Cc3ccccc3)C2C1.I. The number of nitrogens with one attached hydrogen (secondary N) is 1. The maximum Gasteiger partial charge on any atom is 0.224 e. The summed E-state index contributed by atoms with van der Waals surface area (Å²) in [6.45, 7) is 10.9. The van der Waals surface area contributed by atoms with E-state index in [1.165, 1.54) is 12.0 Å². The summed E-state index contributed by atoms with van der Waals surface area (Å²) in [7, 11) is 0. The summed E-state index contributed by atoms with van der Waals surface area (Å²) in [5.74, 6) is 1.15. The Balaban J connectivity index is 0.00000306. The average molecular weight is 570 g/mol. The van der Waals surface area contributed by atoms with Crippen LogP contribution in [0.5, 0.6) is 0 Å². The minimum absolute atomic E-state index is 0. The third-order valence-electron chi connectivity index (χ3n) is 6.99. The fourth-order valence-corrected chi connectivity index (χ4v) is 5.24. The first-order valence-corrected chi connectivity index (χ1v) is 12.4. The molecule has 184 valence electrons. The Bertz CT molecular complexity index is 777. The van der Waals surface area contributed by atoms with E-state index in [-0.39, 0.29) is 36.0 Å². The summed E-state index contributed by atoms with van der Waals surface area (Å²) in [5, 5.41) is 3.44. The van der Waals surface area contributed by atoms with Crippen LogP contribution in [0.2, 0.25) is 0 Å². The van der Waals surface area contributed by atoms with Crippen LogP contribution in [-0.2, 0) is 16.1 Å². The largest absolute Gasteiger partial charge is 0.373 e. The van der Waals surface area contributed by atoms with Crippen molar-refractivity contribution in [1.29, 1.82) is 0 Å². The number of carbonyl (C=O) groups is 1. The fraction of sp³-hybridized carbons (Fsp3) is 0.680. The highest BCUT2D eigenvalue weighted by Crippen LogP contribution is 2.25. The first kappa shape index (κ1) is 26.2. The Morgan fingerprint density at radius 1 is 1.18 bits per heavy atom. The van der Waals surface area contributed by atoms with E-state index in [4.69, 9.17) is 9.73 Å². The number of likely N-dealkylation sites (tertiary alicyclic amines) is 2. The molecule has 0 bridgehead atoms. The predicted octanol–water partition coefficient (Wildman–Crippen LogP) is 2.95. The Morgan fingerprint density at radius 3 is 2.76 bits per heavy atom. The van der Waals surface area contributed by atoms with Gasteiger partial charge >= 0.3 is 0 Å². The van der Waals surface area contributed by atoms with E-state index in [2.05, 4.69) is 59.3 Å². The summed E-state index contributed by atoms with van der Waals surface area (Å²) in [4.78, 5) is 24.4. The molecule has 33 heavy (non-hydrogen) atoms. The summed E-state index contributed by atoms with van der Waals surface area (Å²) in [6.07, 6.45) is 4.16. The van der Waals surface area contributed by atoms with Crippen molar-refractivity contribution in [2.24, 2.45) is 4.99 Å². The minimum Gasteiger partial charge on any atom is -0.373 e. The molecule has 3 aliphatic heterocycles. The summed E-state index contributed by atoms with van der Waals surface area (Å²) in [6, 6.07) is 11.4. The van der Waals surface area contributed by atoms with E-state index in [1.54, 1.807) is 0 Å². The van der Waals surface area contributed by atoms with Crippen molar-refractivity contribution in [2.75, 3.05) is 45.9 Å². The molecule has 0 saturated carbocycles. The lowest BCUT2D eigenvalue weighted by atomic mass is 10.0. The number of aliphatic imine (C=N–C) groups is 1. The molecule has 3 unspecified atom stereocenters. The van der Waals surface area contributed by atoms with Gasteiger partial charge in [-0.05, 0) is 38.7 Å². The Morgan fingerprint density at radius 2 is 2.00 bits per heavy atom. The van der Waals surface area contributed by atoms with Crippen molar-refractivity contribution in [1.82, 2.24) is 20.0 Å². The van der Waals surface area contributed by atoms with E-state index in [9.17, 15) is 4.79 Å². The first-order valence-electron chi connectivity index (χ1n) is 12.4. The summed E-state index contributed by atoms with van der Waals surface area (Å²) < 4.78 is 6.14. The van der Waals surface area contributed by atoms with Crippen LogP contribution in [0.25, 0.3) is 0 Å². The topological polar surface area (TPSA) is 60.4 Å². The monoisotopic (exact) mass is 569 g/mol. The van der Waals surface area contributed by atoms with Gasteiger partial charge in [-0.15, -0.1) is 24.0 Å². The minimum atomic E-state index is 0. The van der Waals surface area contributed by atoms with E-state index < -0.39 is 0 Å². The molecule has 7 nitrogen and oxygen atoms in total. The highest BCUT2D eigenvalue weighted by atomic mass is 127. The number of ether oxygens (including phenoxy) is 1. The maximum absolute atomic E-state index is 12.7. The molecule has 3 saturated heterocycles. The van der Waals surface area contributed by atoms with E-state index in [1.807, 2.05) is 4.90 Å². The van der Waals surface area contributed by atoms with Gasteiger partial charge in [0.05, 0.1) is 25.3 Å². The van der Waals surface area contributed by atoms with Gasteiger partial charge in [0, 0.05) is 51.7 Å². The highest BCUT2D eigenvalue weighted by Gasteiger charge is 2.41. The Kier molecular flexibility index (Phi) is 10.2. The number of nitrogens with zero attached hydrogens (tertiary/aromatic N) is 4. The van der Waals surface area contributed by atoms with Gasteiger partial charge in [0.25, 0.3) is 0 Å². The van der Waals surface area contributed by atoms with Crippen LogP contribution in [0.15, 0.2) is 35.3 Å². The lowest BCUT2D eigenvalue weighted by Crippen LogP contribution is -2.50. The van der Waals surface area contributed by atoms with Crippen molar-refractivity contribution in [3.8, 4) is 0 Å². The van der Waals surface area contributed by atoms with Crippen molar-refractivity contribution in [3.63, 3.8) is 0 Å². The number of amides is 1. The Hall–Kier alpha value is -1.39. The van der Waals surface area contributed by atoms with Gasteiger partial charge in [-0.2, -0.15) is 0 Å². The molecule has 1 aromatic rings.